The molecular formula is C23H32N4O3S. The summed E-state index contributed by atoms with van der Waals surface area (Å²) in [6, 6.07) is 11.0. The van der Waals surface area contributed by atoms with Crippen LogP contribution in [0.5, 0.6) is 0 Å². The predicted molar refractivity (Wildman–Crippen MR) is 123 cm³/mol. The van der Waals surface area contributed by atoms with Gasteiger partial charge in [0.1, 0.15) is 10.7 Å². The van der Waals surface area contributed by atoms with Crippen molar-refractivity contribution in [3.63, 3.8) is 0 Å². The summed E-state index contributed by atoms with van der Waals surface area (Å²) >= 11 is 0. The number of hydrogen-bond acceptors (Lipinski definition) is 5. The third-order valence-corrected chi connectivity index (χ3v) is 7.23. The van der Waals surface area contributed by atoms with Crippen molar-refractivity contribution < 1.29 is 13.2 Å². The van der Waals surface area contributed by atoms with Crippen LogP contribution in [0.2, 0.25) is 0 Å². The van der Waals surface area contributed by atoms with Crippen molar-refractivity contribution in [2.75, 3.05) is 18.0 Å². The van der Waals surface area contributed by atoms with Crippen LogP contribution in [0, 0.1) is 6.92 Å². The Morgan fingerprint density at radius 2 is 1.90 bits per heavy atom. The summed E-state index contributed by atoms with van der Waals surface area (Å²) in [7, 11) is -3.56. The van der Waals surface area contributed by atoms with E-state index in [2.05, 4.69) is 19.9 Å². The number of benzene rings is 1. The molecule has 1 aliphatic heterocycles. The molecule has 0 saturated carbocycles. The van der Waals surface area contributed by atoms with Gasteiger partial charge in [-0.3, -0.25) is 4.79 Å². The number of aromatic nitrogens is 1. The van der Waals surface area contributed by atoms with Gasteiger partial charge in [-0.15, -0.1) is 0 Å². The molecule has 1 aliphatic rings. The van der Waals surface area contributed by atoms with Crippen LogP contribution in [0.4, 0.5) is 5.82 Å². The average Bonchev–Trinajstić information content (AvgIpc) is 2.74. The fourth-order valence-corrected chi connectivity index (χ4v) is 5.11. The van der Waals surface area contributed by atoms with Crippen LogP contribution < -0.4 is 14.9 Å². The number of piperidine rings is 1. The van der Waals surface area contributed by atoms with Gasteiger partial charge in [-0.05, 0) is 56.9 Å². The van der Waals surface area contributed by atoms with Gasteiger partial charge in [-0.25, -0.2) is 18.1 Å². The standard InChI is InChI=1S/C23H32N4O3S/c1-4-7-18(3)26-31(29,30)20-10-11-22(24-16-20)27-14-12-19(13-15-27)25-23(28)21-9-6-5-8-17(21)2/h5-6,8-11,16,18-19,26H,4,7,12-15H2,1-3H3,(H,25,28). The lowest BCUT2D eigenvalue weighted by atomic mass is 10.0. The molecule has 31 heavy (non-hydrogen) atoms. The molecule has 3 rings (SSSR count). The van der Waals surface area contributed by atoms with Gasteiger partial charge in [0.2, 0.25) is 10.0 Å². The zero-order valence-electron chi connectivity index (χ0n) is 18.5. The van der Waals surface area contributed by atoms with E-state index in [1.54, 1.807) is 12.1 Å². The molecule has 1 aromatic heterocycles. The number of carbonyl (C=O) groups excluding carboxylic acids is 1. The van der Waals surface area contributed by atoms with E-state index in [4.69, 9.17) is 0 Å². The molecule has 0 bridgehead atoms. The number of nitrogens with one attached hydrogen (secondary N) is 2. The number of rotatable bonds is 8. The van der Waals surface area contributed by atoms with Crippen LogP contribution in [0.15, 0.2) is 47.5 Å². The molecular weight excluding hydrogens is 412 g/mol. The molecule has 7 nitrogen and oxygen atoms in total. The van der Waals surface area contributed by atoms with Gasteiger partial charge in [-0.2, -0.15) is 0 Å². The van der Waals surface area contributed by atoms with Crippen LogP contribution in [0.25, 0.3) is 0 Å². The fourth-order valence-electron chi connectivity index (χ4n) is 3.89. The Bertz CT molecular complexity index is 984. The summed E-state index contributed by atoms with van der Waals surface area (Å²) in [4.78, 5) is 19.2. The molecule has 1 amide bonds. The highest BCUT2D eigenvalue weighted by Gasteiger charge is 2.23. The molecule has 8 heteroatoms. The molecule has 1 fully saturated rings. The summed E-state index contributed by atoms with van der Waals surface area (Å²) in [5, 5.41) is 3.13. The van der Waals surface area contributed by atoms with Gasteiger partial charge in [0.15, 0.2) is 0 Å². The summed E-state index contributed by atoms with van der Waals surface area (Å²) < 4.78 is 27.7. The molecule has 1 saturated heterocycles. The second-order valence-electron chi connectivity index (χ2n) is 8.21. The van der Waals surface area contributed by atoms with Crippen LogP contribution in [-0.2, 0) is 10.0 Å². The van der Waals surface area contributed by atoms with Gasteiger partial charge in [-0.1, -0.05) is 31.5 Å². The number of anilines is 1. The van der Waals surface area contributed by atoms with E-state index in [-0.39, 0.29) is 22.9 Å². The number of pyridine rings is 1. The Hall–Kier alpha value is -2.45. The minimum atomic E-state index is -3.56. The van der Waals surface area contributed by atoms with Crippen molar-refractivity contribution in [1.82, 2.24) is 15.0 Å². The minimum absolute atomic E-state index is 0.0333. The Balaban J connectivity index is 1.55. The summed E-state index contributed by atoms with van der Waals surface area (Å²) in [6.45, 7) is 7.34. The third kappa shape index (κ3) is 6.04. The maximum atomic E-state index is 12.5. The van der Waals surface area contributed by atoms with Gasteiger partial charge >= 0.3 is 0 Å². The van der Waals surface area contributed by atoms with Crippen molar-refractivity contribution in [3.05, 3.63) is 53.7 Å². The summed E-state index contributed by atoms with van der Waals surface area (Å²) in [5.41, 5.74) is 1.68. The number of aryl methyl sites for hydroxylation is 1. The van der Waals surface area contributed by atoms with Crippen molar-refractivity contribution in [3.8, 4) is 0 Å². The first kappa shape index (κ1) is 23.2. The Morgan fingerprint density at radius 3 is 2.52 bits per heavy atom. The lowest BCUT2D eigenvalue weighted by Gasteiger charge is -2.33. The van der Waals surface area contributed by atoms with Crippen LogP contribution >= 0.6 is 0 Å². The van der Waals surface area contributed by atoms with Gasteiger partial charge < -0.3 is 10.2 Å². The Kier molecular flexibility index (Phi) is 7.67. The zero-order valence-corrected chi connectivity index (χ0v) is 19.3. The quantitative estimate of drug-likeness (QED) is 0.652. The lowest BCUT2D eigenvalue weighted by molar-refractivity contribution is 0.0930. The zero-order chi connectivity index (χ0) is 22.4. The predicted octanol–water partition coefficient (Wildman–Crippen LogP) is 3.26. The summed E-state index contributed by atoms with van der Waals surface area (Å²) in [5.74, 6) is 0.721. The maximum Gasteiger partial charge on any atom is 0.251 e. The molecule has 1 unspecified atom stereocenters. The van der Waals surface area contributed by atoms with E-state index < -0.39 is 10.0 Å². The van der Waals surface area contributed by atoms with E-state index in [9.17, 15) is 13.2 Å². The van der Waals surface area contributed by atoms with Gasteiger partial charge in [0.05, 0.1) is 0 Å². The molecule has 0 radical (unpaired) electrons. The molecule has 2 N–H and O–H groups in total. The molecule has 0 aliphatic carbocycles. The average molecular weight is 445 g/mol. The first-order valence-electron chi connectivity index (χ1n) is 10.9. The van der Waals surface area contributed by atoms with Crippen LogP contribution in [-0.4, -0.2) is 44.5 Å². The Labute approximate surface area is 185 Å². The van der Waals surface area contributed by atoms with Crippen molar-refractivity contribution in [1.29, 1.82) is 0 Å². The topological polar surface area (TPSA) is 91.4 Å². The molecule has 168 valence electrons. The first-order chi connectivity index (χ1) is 14.8. The minimum Gasteiger partial charge on any atom is -0.356 e. The molecule has 0 spiro atoms. The van der Waals surface area contributed by atoms with E-state index >= 15 is 0 Å². The highest BCUT2D eigenvalue weighted by molar-refractivity contribution is 7.89. The molecule has 2 heterocycles. The first-order valence-corrected chi connectivity index (χ1v) is 12.4. The monoisotopic (exact) mass is 444 g/mol. The van der Waals surface area contributed by atoms with E-state index in [0.717, 1.165) is 50.2 Å². The second kappa shape index (κ2) is 10.2. The van der Waals surface area contributed by atoms with Crippen LogP contribution in [0.3, 0.4) is 0 Å². The van der Waals surface area contributed by atoms with E-state index in [0.29, 0.717) is 5.56 Å². The number of sulfonamides is 1. The van der Waals surface area contributed by atoms with Crippen molar-refractivity contribution in [2.45, 2.75) is 63.4 Å². The number of nitrogens with zero attached hydrogens (tertiary/aromatic N) is 2. The highest BCUT2D eigenvalue weighted by Crippen LogP contribution is 2.20. The van der Waals surface area contributed by atoms with E-state index in [1.165, 1.54) is 6.20 Å². The van der Waals surface area contributed by atoms with E-state index in [1.807, 2.05) is 45.0 Å². The highest BCUT2D eigenvalue weighted by atomic mass is 32.2. The maximum absolute atomic E-state index is 12.5. The van der Waals surface area contributed by atoms with Crippen molar-refractivity contribution in [2.24, 2.45) is 0 Å². The normalized spacial score (nSPS) is 16.2. The smallest absolute Gasteiger partial charge is 0.251 e. The lowest BCUT2D eigenvalue weighted by Crippen LogP contribution is -2.45. The van der Waals surface area contributed by atoms with Crippen LogP contribution in [0.1, 0.15) is 55.5 Å². The molecule has 2 aromatic rings. The third-order valence-electron chi connectivity index (χ3n) is 5.65. The van der Waals surface area contributed by atoms with Gasteiger partial charge in [0.25, 0.3) is 5.91 Å². The summed E-state index contributed by atoms with van der Waals surface area (Å²) in [6.07, 6.45) is 4.76. The molecule has 1 atom stereocenters. The number of amides is 1. The second-order valence-corrected chi connectivity index (χ2v) is 9.93. The SMILES string of the molecule is CCCC(C)NS(=O)(=O)c1ccc(N2CCC(NC(=O)c3ccccc3C)CC2)nc1. The molecule has 1 aromatic carbocycles. The fraction of sp³-hybridized carbons (Fsp3) is 0.478. The Morgan fingerprint density at radius 1 is 1.19 bits per heavy atom. The van der Waals surface area contributed by atoms with Gasteiger partial charge in [0, 0.05) is 36.9 Å². The number of hydrogen-bond donors (Lipinski definition) is 2. The van der Waals surface area contributed by atoms with Crippen molar-refractivity contribution >= 4 is 21.7 Å². The number of carbonyl (C=O) groups is 1. The largest absolute Gasteiger partial charge is 0.356 e.